The van der Waals surface area contributed by atoms with Crippen LogP contribution >= 0.6 is 0 Å². The van der Waals surface area contributed by atoms with E-state index in [1.54, 1.807) is 30.3 Å². The summed E-state index contributed by atoms with van der Waals surface area (Å²) in [7, 11) is -6.37. The van der Waals surface area contributed by atoms with Crippen molar-refractivity contribution in [1.29, 1.82) is 0 Å². The number of carbonyl (C=O) groups is 2. The summed E-state index contributed by atoms with van der Waals surface area (Å²) in [5.74, 6) is -0.473. The number of fused-ring (bicyclic) bond motifs is 2. The lowest BCUT2D eigenvalue weighted by molar-refractivity contribution is 0.101. The number of hydrogen-bond acceptors (Lipinski definition) is 7. The van der Waals surface area contributed by atoms with Gasteiger partial charge in [-0.05, 0) is 78.9 Å². The predicted molar refractivity (Wildman–Crippen MR) is 140 cm³/mol. The Bertz CT molecular complexity index is 1800. The molecule has 1 aliphatic heterocycles. The Morgan fingerprint density at radius 3 is 2.11 bits per heavy atom. The Hall–Kier alpha value is -4.48. The molecule has 1 heterocycles. The predicted octanol–water partition coefficient (Wildman–Crippen LogP) is 4.13. The average molecular weight is 549 g/mol. The molecule has 0 aromatic heterocycles. The maximum Gasteiger partial charge on any atom is 0.261 e. The highest BCUT2D eigenvalue weighted by Gasteiger charge is 2.35. The molecule has 1 amide bonds. The smallest absolute Gasteiger partial charge is 0.261 e. The molecule has 0 radical (unpaired) electrons. The van der Waals surface area contributed by atoms with Gasteiger partial charge in [0.05, 0.1) is 21.8 Å². The molecule has 4 aromatic rings. The van der Waals surface area contributed by atoms with Crippen molar-refractivity contribution in [3.63, 3.8) is 0 Å². The first-order valence-electron chi connectivity index (χ1n) is 11.2. The number of anilines is 2. The zero-order chi connectivity index (χ0) is 27.1. The van der Waals surface area contributed by atoms with E-state index in [-0.39, 0.29) is 31.4 Å². The Labute approximate surface area is 219 Å². The summed E-state index contributed by atoms with van der Waals surface area (Å²) in [6.07, 6.45) is 0. The number of carbonyl (C=O) groups excluding carboxylic acids is 2. The second-order valence-corrected chi connectivity index (χ2v) is 11.9. The quantitative estimate of drug-likeness (QED) is 0.326. The van der Waals surface area contributed by atoms with Crippen LogP contribution in [0.25, 0.3) is 0 Å². The third kappa shape index (κ3) is 4.53. The molecule has 0 atom stereocenters. The molecule has 192 valence electrons. The van der Waals surface area contributed by atoms with Crippen molar-refractivity contribution in [2.24, 2.45) is 0 Å². The minimum absolute atomic E-state index is 0.000769. The average Bonchev–Trinajstić information content (AvgIpc) is 2.92. The van der Waals surface area contributed by atoms with E-state index in [1.807, 2.05) is 0 Å². The van der Waals surface area contributed by atoms with E-state index in [4.69, 9.17) is 4.74 Å². The van der Waals surface area contributed by atoms with Gasteiger partial charge in [-0.15, -0.1) is 0 Å². The first-order chi connectivity index (χ1) is 18.1. The number of ketones is 1. The molecular weight excluding hydrogens is 528 g/mol. The number of sulfonamides is 1. The van der Waals surface area contributed by atoms with Gasteiger partial charge >= 0.3 is 0 Å². The van der Waals surface area contributed by atoms with E-state index in [0.717, 1.165) is 0 Å². The molecule has 1 aliphatic rings. The maximum atomic E-state index is 13.1. The van der Waals surface area contributed by atoms with Gasteiger partial charge < -0.3 is 10.1 Å². The van der Waals surface area contributed by atoms with E-state index in [9.17, 15) is 26.4 Å². The fourth-order valence-corrected chi connectivity index (χ4v) is 6.76. The second kappa shape index (κ2) is 9.43. The molecule has 0 unspecified atom stereocenters. The largest absolute Gasteiger partial charge is 0.497 e. The van der Waals surface area contributed by atoms with E-state index in [1.165, 1.54) is 67.8 Å². The number of methoxy groups -OCH3 is 1. The third-order valence-corrected chi connectivity index (χ3v) is 9.21. The number of ether oxygens (including phenoxy) is 1. The Morgan fingerprint density at radius 2 is 1.42 bits per heavy atom. The van der Waals surface area contributed by atoms with Gasteiger partial charge in [0.1, 0.15) is 5.75 Å². The SMILES string of the molecule is COc1ccc(NS(=O)(=O)c2ccc(NC(=O)c3ccc4c(c3)S(=O)(=O)c3ccccc3C4=O)cc2)cc1. The molecular formula is C27H20N2O7S2. The number of hydrogen-bond donors (Lipinski definition) is 2. The van der Waals surface area contributed by atoms with Crippen LogP contribution in [0, 0.1) is 0 Å². The standard InChI is InChI=1S/C27H20N2O7S2/c1-36-20-11-7-19(8-12-20)29-38(34,35)21-13-9-18(10-14-21)28-27(31)17-6-15-23-25(16-17)37(32,33)24-5-3-2-4-22(24)26(23)30/h2-16,29H,1H3,(H,28,31). The van der Waals surface area contributed by atoms with Crippen LogP contribution in [0.1, 0.15) is 26.3 Å². The Kier molecular flexibility index (Phi) is 6.25. The number of rotatable bonds is 6. The molecule has 0 aliphatic carbocycles. The van der Waals surface area contributed by atoms with Crippen LogP contribution in [0.3, 0.4) is 0 Å². The first-order valence-corrected chi connectivity index (χ1v) is 14.2. The normalized spacial score (nSPS) is 13.7. The van der Waals surface area contributed by atoms with Crippen LogP contribution in [-0.4, -0.2) is 35.6 Å². The summed E-state index contributed by atoms with van der Waals surface area (Å²) in [5, 5.41) is 2.62. The number of amides is 1. The molecule has 2 N–H and O–H groups in total. The van der Waals surface area contributed by atoms with E-state index >= 15 is 0 Å². The summed E-state index contributed by atoms with van der Waals surface area (Å²) in [4.78, 5) is 25.3. The summed E-state index contributed by atoms with van der Waals surface area (Å²) in [6.45, 7) is 0. The van der Waals surface area contributed by atoms with Crippen molar-refractivity contribution in [2.75, 3.05) is 17.1 Å². The number of benzene rings is 4. The van der Waals surface area contributed by atoms with Crippen LogP contribution in [0.2, 0.25) is 0 Å². The van der Waals surface area contributed by atoms with Crippen molar-refractivity contribution >= 4 is 42.9 Å². The van der Waals surface area contributed by atoms with E-state index in [2.05, 4.69) is 10.0 Å². The van der Waals surface area contributed by atoms with Gasteiger partial charge in [-0.1, -0.05) is 12.1 Å². The van der Waals surface area contributed by atoms with Crippen molar-refractivity contribution in [2.45, 2.75) is 14.7 Å². The van der Waals surface area contributed by atoms with E-state index < -0.39 is 31.6 Å². The van der Waals surface area contributed by atoms with Crippen LogP contribution in [-0.2, 0) is 19.9 Å². The second-order valence-electron chi connectivity index (χ2n) is 8.35. The highest BCUT2D eigenvalue weighted by Crippen LogP contribution is 2.35. The fourth-order valence-electron chi connectivity index (χ4n) is 4.02. The minimum Gasteiger partial charge on any atom is -0.497 e. The van der Waals surface area contributed by atoms with Gasteiger partial charge in [-0.2, -0.15) is 0 Å². The molecule has 9 nitrogen and oxygen atoms in total. The lowest BCUT2D eigenvalue weighted by Gasteiger charge is -2.19. The van der Waals surface area contributed by atoms with Gasteiger partial charge in [0, 0.05) is 28.1 Å². The molecule has 0 bridgehead atoms. The van der Waals surface area contributed by atoms with Crippen molar-refractivity contribution < 1.29 is 31.2 Å². The molecule has 5 rings (SSSR count). The minimum atomic E-state index is -4.00. The fraction of sp³-hybridized carbons (Fsp3) is 0.0370. The third-order valence-electron chi connectivity index (χ3n) is 5.96. The van der Waals surface area contributed by atoms with Gasteiger partial charge in [0.2, 0.25) is 9.84 Å². The van der Waals surface area contributed by atoms with Crippen molar-refractivity contribution in [3.8, 4) is 5.75 Å². The summed E-state index contributed by atoms with van der Waals surface area (Å²) in [5.41, 5.74) is 0.761. The number of nitrogens with one attached hydrogen (secondary N) is 2. The molecule has 4 aromatic carbocycles. The molecule has 0 saturated heterocycles. The summed E-state index contributed by atoms with van der Waals surface area (Å²) in [6, 6.07) is 21.6. The van der Waals surface area contributed by atoms with Gasteiger partial charge in [-0.25, -0.2) is 16.8 Å². The Balaban J connectivity index is 1.34. The topological polar surface area (TPSA) is 136 Å². The summed E-state index contributed by atoms with van der Waals surface area (Å²) >= 11 is 0. The maximum absolute atomic E-state index is 13.1. The van der Waals surface area contributed by atoms with Crippen LogP contribution in [0.5, 0.6) is 5.75 Å². The molecule has 11 heteroatoms. The van der Waals surface area contributed by atoms with Gasteiger partial charge in [0.15, 0.2) is 5.78 Å². The first kappa shape index (κ1) is 25.2. The highest BCUT2D eigenvalue weighted by molar-refractivity contribution is 7.92. The van der Waals surface area contributed by atoms with Crippen LogP contribution in [0.15, 0.2) is 106 Å². The molecule has 38 heavy (non-hydrogen) atoms. The lowest BCUT2D eigenvalue weighted by Crippen LogP contribution is -2.21. The molecule has 0 saturated carbocycles. The monoisotopic (exact) mass is 548 g/mol. The zero-order valence-electron chi connectivity index (χ0n) is 19.8. The van der Waals surface area contributed by atoms with Gasteiger partial charge in [-0.3, -0.25) is 14.3 Å². The van der Waals surface area contributed by atoms with Crippen LogP contribution < -0.4 is 14.8 Å². The van der Waals surface area contributed by atoms with Crippen molar-refractivity contribution in [1.82, 2.24) is 0 Å². The molecule has 0 fully saturated rings. The highest BCUT2D eigenvalue weighted by atomic mass is 32.2. The van der Waals surface area contributed by atoms with Crippen LogP contribution in [0.4, 0.5) is 11.4 Å². The number of sulfone groups is 1. The Morgan fingerprint density at radius 1 is 0.789 bits per heavy atom. The van der Waals surface area contributed by atoms with Crippen molar-refractivity contribution in [3.05, 3.63) is 108 Å². The lowest BCUT2D eigenvalue weighted by atomic mass is 10.0. The van der Waals surface area contributed by atoms with E-state index in [0.29, 0.717) is 17.1 Å². The molecule has 0 spiro atoms. The summed E-state index contributed by atoms with van der Waals surface area (Å²) < 4.78 is 59.2. The zero-order valence-corrected chi connectivity index (χ0v) is 21.5. The van der Waals surface area contributed by atoms with Gasteiger partial charge in [0.25, 0.3) is 15.9 Å².